The van der Waals surface area contributed by atoms with E-state index in [4.69, 9.17) is 4.74 Å². The fraction of sp³-hybridized carbons (Fsp3) is 0.435. The van der Waals surface area contributed by atoms with Gasteiger partial charge in [0.1, 0.15) is 5.82 Å². The average molecular weight is 447 g/mol. The fourth-order valence-electron chi connectivity index (χ4n) is 4.19. The Bertz CT molecular complexity index is 986. The van der Waals surface area contributed by atoms with Crippen molar-refractivity contribution in [3.05, 3.63) is 53.7 Å². The summed E-state index contributed by atoms with van der Waals surface area (Å²) < 4.78 is 43.6. The first-order valence-electron chi connectivity index (χ1n) is 10.6. The number of nitrogens with zero attached hydrogens (tertiary/aromatic N) is 3. The van der Waals surface area contributed by atoms with Gasteiger partial charge in [-0.1, -0.05) is 18.2 Å². The summed E-state index contributed by atoms with van der Waals surface area (Å²) in [5.74, 6) is -0.573. The van der Waals surface area contributed by atoms with E-state index >= 15 is 0 Å². The number of anilines is 2. The van der Waals surface area contributed by atoms with Gasteiger partial charge >= 0.3 is 12.1 Å². The number of benzene rings is 1. The van der Waals surface area contributed by atoms with Crippen molar-refractivity contribution < 1.29 is 27.5 Å². The number of amides is 1. The molecule has 0 radical (unpaired) electrons. The number of hydrogen-bond donors (Lipinski definition) is 0. The normalized spacial score (nSPS) is 17.8. The van der Waals surface area contributed by atoms with Crippen LogP contribution in [0.3, 0.4) is 0 Å². The van der Waals surface area contributed by atoms with Crippen molar-refractivity contribution in [3.8, 4) is 0 Å². The highest BCUT2D eigenvalue weighted by Gasteiger charge is 2.34. The van der Waals surface area contributed by atoms with Crippen LogP contribution in [-0.2, 0) is 26.9 Å². The molecule has 1 amide bonds. The van der Waals surface area contributed by atoms with Gasteiger partial charge in [-0.15, -0.1) is 0 Å². The van der Waals surface area contributed by atoms with Gasteiger partial charge in [0.15, 0.2) is 6.10 Å². The molecule has 0 aliphatic carbocycles. The Hall–Kier alpha value is -3.10. The van der Waals surface area contributed by atoms with Gasteiger partial charge in [0.2, 0.25) is 0 Å². The number of pyridine rings is 1. The van der Waals surface area contributed by atoms with Crippen LogP contribution in [-0.4, -0.2) is 42.6 Å². The molecular formula is C23H24F3N3O3. The summed E-state index contributed by atoms with van der Waals surface area (Å²) in [5.41, 5.74) is 1.17. The van der Waals surface area contributed by atoms with Gasteiger partial charge in [-0.25, -0.2) is 4.98 Å². The van der Waals surface area contributed by atoms with E-state index in [1.54, 1.807) is 11.8 Å². The SMILES string of the molecule is C[C@@H](OC(=O)C1CCN(c2ccc(C(F)(F)F)cn2)CC1)C(=O)N1CCc2ccccc21. The van der Waals surface area contributed by atoms with Crippen molar-refractivity contribution in [2.24, 2.45) is 5.92 Å². The van der Waals surface area contributed by atoms with Crippen LogP contribution in [0.4, 0.5) is 24.7 Å². The molecule has 4 rings (SSSR count). The molecule has 2 aromatic rings. The van der Waals surface area contributed by atoms with E-state index in [1.807, 2.05) is 29.2 Å². The summed E-state index contributed by atoms with van der Waals surface area (Å²) in [5, 5.41) is 0. The van der Waals surface area contributed by atoms with E-state index in [0.717, 1.165) is 29.9 Å². The first-order chi connectivity index (χ1) is 15.2. The number of ether oxygens (including phenoxy) is 1. The van der Waals surface area contributed by atoms with Crippen LogP contribution in [0.1, 0.15) is 30.9 Å². The summed E-state index contributed by atoms with van der Waals surface area (Å²) in [6, 6.07) is 10.0. The molecule has 9 heteroatoms. The number of alkyl halides is 3. The number of carbonyl (C=O) groups excluding carboxylic acids is 2. The lowest BCUT2D eigenvalue weighted by Gasteiger charge is -2.32. The maximum atomic E-state index is 12.8. The van der Waals surface area contributed by atoms with Crippen LogP contribution in [0, 0.1) is 5.92 Å². The molecule has 32 heavy (non-hydrogen) atoms. The van der Waals surface area contributed by atoms with Crippen molar-refractivity contribution in [3.63, 3.8) is 0 Å². The molecule has 1 atom stereocenters. The predicted octanol–water partition coefficient (Wildman–Crippen LogP) is 3.84. The highest BCUT2D eigenvalue weighted by Crippen LogP contribution is 2.31. The third-order valence-electron chi connectivity index (χ3n) is 6.02. The quantitative estimate of drug-likeness (QED) is 0.667. The molecule has 1 aromatic carbocycles. The summed E-state index contributed by atoms with van der Waals surface area (Å²) in [7, 11) is 0. The zero-order valence-corrected chi connectivity index (χ0v) is 17.6. The van der Waals surface area contributed by atoms with Crippen molar-refractivity contribution >= 4 is 23.4 Å². The van der Waals surface area contributed by atoms with Gasteiger partial charge in [-0.3, -0.25) is 9.59 Å². The topological polar surface area (TPSA) is 62.7 Å². The summed E-state index contributed by atoms with van der Waals surface area (Å²) in [4.78, 5) is 32.9. The van der Waals surface area contributed by atoms with E-state index in [0.29, 0.717) is 38.3 Å². The summed E-state index contributed by atoms with van der Waals surface area (Å²) in [6.45, 7) is 3.10. The zero-order chi connectivity index (χ0) is 22.9. The molecule has 0 spiro atoms. The largest absolute Gasteiger partial charge is 0.452 e. The smallest absolute Gasteiger partial charge is 0.417 e. The minimum Gasteiger partial charge on any atom is -0.452 e. The number of para-hydroxylation sites is 1. The average Bonchev–Trinajstić information content (AvgIpc) is 3.22. The maximum absolute atomic E-state index is 12.8. The number of hydrogen-bond acceptors (Lipinski definition) is 5. The first-order valence-corrected chi connectivity index (χ1v) is 10.6. The molecule has 2 aliphatic heterocycles. The van der Waals surface area contributed by atoms with Crippen LogP contribution < -0.4 is 9.80 Å². The van der Waals surface area contributed by atoms with E-state index in [1.165, 1.54) is 6.07 Å². The molecule has 0 unspecified atom stereocenters. The van der Waals surface area contributed by atoms with Gasteiger partial charge in [0, 0.05) is 31.5 Å². The van der Waals surface area contributed by atoms with E-state index in [-0.39, 0.29) is 11.8 Å². The molecule has 6 nitrogen and oxygen atoms in total. The Morgan fingerprint density at radius 1 is 1.09 bits per heavy atom. The van der Waals surface area contributed by atoms with Crippen LogP contribution in [0.5, 0.6) is 0 Å². The zero-order valence-electron chi connectivity index (χ0n) is 17.6. The van der Waals surface area contributed by atoms with Gasteiger partial charge in [0.05, 0.1) is 11.5 Å². The van der Waals surface area contributed by atoms with Crippen molar-refractivity contribution in [2.45, 2.75) is 38.5 Å². The Balaban J connectivity index is 1.29. The molecular weight excluding hydrogens is 423 g/mol. The molecule has 3 heterocycles. The Morgan fingerprint density at radius 2 is 1.81 bits per heavy atom. The number of esters is 1. The summed E-state index contributed by atoms with van der Waals surface area (Å²) in [6.07, 6.45) is -2.75. The lowest BCUT2D eigenvalue weighted by Crippen LogP contribution is -2.42. The minimum absolute atomic E-state index is 0.241. The Kier molecular flexibility index (Phi) is 6.08. The molecule has 0 N–H and O–H groups in total. The Labute approximate surface area is 184 Å². The molecule has 1 fully saturated rings. The third-order valence-corrected chi connectivity index (χ3v) is 6.02. The standard InChI is InChI=1S/C23H24F3N3O3/c1-15(21(30)29-13-10-16-4-2-3-5-19(16)29)32-22(31)17-8-11-28(12-9-17)20-7-6-18(14-27-20)23(24,25)26/h2-7,14-15,17H,8-13H2,1H3/t15-/m1/s1. The number of rotatable bonds is 4. The minimum atomic E-state index is -4.42. The predicted molar refractivity (Wildman–Crippen MR) is 112 cm³/mol. The van der Waals surface area contributed by atoms with Gasteiger partial charge < -0.3 is 14.5 Å². The highest BCUT2D eigenvalue weighted by atomic mass is 19.4. The Morgan fingerprint density at radius 3 is 2.47 bits per heavy atom. The second-order valence-corrected chi connectivity index (χ2v) is 8.11. The van der Waals surface area contributed by atoms with Crippen LogP contribution >= 0.6 is 0 Å². The molecule has 170 valence electrons. The second kappa shape index (κ2) is 8.80. The number of fused-ring (bicyclic) bond motifs is 1. The number of aromatic nitrogens is 1. The number of piperidine rings is 1. The first kappa shape index (κ1) is 22.1. The van der Waals surface area contributed by atoms with Crippen molar-refractivity contribution in [1.82, 2.24) is 4.98 Å². The van der Waals surface area contributed by atoms with Crippen LogP contribution in [0.2, 0.25) is 0 Å². The van der Waals surface area contributed by atoms with E-state index < -0.39 is 23.8 Å². The van der Waals surface area contributed by atoms with Gasteiger partial charge in [-0.2, -0.15) is 13.2 Å². The van der Waals surface area contributed by atoms with E-state index in [2.05, 4.69) is 4.98 Å². The molecule has 0 saturated carbocycles. The number of halogens is 3. The van der Waals surface area contributed by atoms with Gasteiger partial charge in [0.25, 0.3) is 5.91 Å². The summed E-state index contributed by atoms with van der Waals surface area (Å²) >= 11 is 0. The van der Waals surface area contributed by atoms with Crippen LogP contribution in [0.15, 0.2) is 42.6 Å². The molecule has 1 aromatic heterocycles. The second-order valence-electron chi connectivity index (χ2n) is 8.11. The molecule has 1 saturated heterocycles. The van der Waals surface area contributed by atoms with Gasteiger partial charge in [-0.05, 0) is 49.9 Å². The fourth-order valence-corrected chi connectivity index (χ4v) is 4.19. The third kappa shape index (κ3) is 4.56. The highest BCUT2D eigenvalue weighted by molar-refractivity contribution is 5.99. The lowest BCUT2D eigenvalue weighted by atomic mass is 9.97. The van der Waals surface area contributed by atoms with Crippen molar-refractivity contribution in [1.29, 1.82) is 0 Å². The van der Waals surface area contributed by atoms with E-state index in [9.17, 15) is 22.8 Å². The molecule has 2 aliphatic rings. The molecule has 0 bridgehead atoms. The van der Waals surface area contributed by atoms with Crippen LogP contribution in [0.25, 0.3) is 0 Å². The monoisotopic (exact) mass is 447 g/mol. The lowest BCUT2D eigenvalue weighted by molar-refractivity contribution is -0.158. The maximum Gasteiger partial charge on any atom is 0.417 e. The van der Waals surface area contributed by atoms with Crippen molar-refractivity contribution in [2.75, 3.05) is 29.4 Å². The number of carbonyl (C=O) groups is 2.